The van der Waals surface area contributed by atoms with Gasteiger partial charge in [0.15, 0.2) is 0 Å². The van der Waals surface area contributed by atoms with Crippen LogP contribution in [0.3, 0.4) is 0 Å². The highest BCUT2D eigenvalue weighted by molar-refractivity contribution is 5.90. The minimum Gasteiger partial charge on any atom is -0.507 e. The predicted molar refractivity (Wildman–Crippen MR) is 91.6 cm³/mol. The van der Waals surface area contributed by atoms with Crippen LogP contribution < -0.4 is 10.6 Å². The quantitative estimate of drug-likeness (QED) is 0.932. The molecule has 0 radical (unpaired) electrons. The molecule has 0 fully saturated rings. The van der Waals surface area contributed by atoms with E-state index in [0.29, 0.717) is 12.1 Å². The lowest BCUT2D eigenvalue weighted by molar-refractivity contribution is 0.394. The van der Waals surface area contributed by atoms with Crippen LogP contribution in [-0.4, -0.2) is 33.9 Å². The van der Waals surface area contributed by atoms with Crippen LogP contribution in [0.15, 0.2) is 24.3 Å². The van der Waals surface area contributed by atoms with Crippen LogP contribution in [0.1, 0.15) is 18.2 Å². The Hall–Kier alpha value is -2.40. The third-order valence-electron chi connectivity index (χ3n) is 3.63. The van der Waals surface area contributed by atoms with Crippen LogP contribution in [-0.2, 0) is 13.6 Å². The van der Waals surface area contributed by atoms with E-state index in [-0.39, 0.29) is 5.75 Å². The molecule has 1 aromatic heterocycles. The van der Waals surface area contributed by atoms with Crippen molar-refractivity contribution in [2.75, 3.05) is 14.1 Å². The summed E-state index contributed by atoms with van der Waals surface area (Å²) in [5.41, 5.74) is 2.27. The molecular formula is C18H22FN3O. The van der Waals surface area contributed by atoms with E-state index in [1.54, 1.807) is 10.7 Å². The van der Waals surface area contributed by atoms with Gasteiger partial charge >= 0.3 is 0 Å². The number of aromatic nitrogens is 2. The van der Waals surface area contributed by atoms with Gasteiger partial charge in [-0.3, -0.25) is 4.68 Å². The number of allylic oxidation sites excluding steroid dienone is 2. The molecule has 0 saturated carbocycles. The Balaban J connectivity index is 2.61. The normalized spacial score (nSPS) is 13.1. The highest BCUT2D eigenvalue weighted by Gasteiger charge is 2.09. The Kier molecular flexibility index (Phi) is 5.01. The zero-order valence-electron chi connectivity index (χ0n) is 14.0. The number of hydrogen-bond acceptors (Lipinski definition) is 3. The van der Waals surface area contributed by atoms with Gasteiger partial charge in [-0.1, -0.05) is 12.7 Å². The summed E-state index contributed by atoms with van der Waals surface area (Å²) < 4.78 is 14.9. The highest BCUT2D eigenvalue weighted by atomic mass is 19.1. The molecule has 0 bridgehead atoms. The summed E-state index contributed by atoms with van der Waals surface area (Å²) in [6, 6.07) is 4.02. The lowest BCUT2D eigenvalue weighted by atomic mass is 10.0. The first kappa shape index (κ1) is 17.0. The fraction of sp³-hybridized carbons (Fsp3) is 0.278. The number of benzene rings is 1. The summed E-state index contributed by atoms with van der Waals surface area (Å²) in [6.07, 6.45) is 3.81. The Morgan fingerprint density at radius 1 is 1.43 bits per heavy atom. The summed E-state index contributed by atoms with van der Waals surface area (Å²) in [5, 5.41) is 16.2. The second-order valence-electron chi connectivity index (χ2n) is 5.72. The van der Waals surface area contributed by atoms with Crippen molar-refractivity contribution in [2.45, 2.75) is 13.5 Å². The van der Waals surface area contributed by atoms with Crippen LogP contribution in [0.25, 0.3) is 18.2 Å². The second kappa shape index (κ2) is 6.79. The minimum absolute atomic E-state index is 0.0852. The van der Waals surface area contributed by atoms with Gasteiger partial charge < -0.3 is 10.0 Å². The SMILES string of the molecule is C=c1/c(=C\C(=C/C)c2ccc(F)cc2O)c(CN(C)C)nn1C. The fourth-order valence-corrected chi connectivity index (χ4v) is 2.44. The van der Waals surface area contributed by atoms with Gasteiger partial charge in [0.05, 0.1) is 11.0 Å². The van der Waals surface area contributed by atoms with Crippen LogP contribution in [0.5, 0.6) is 5.75 Å². The first-order valence-corrected chi connectivity index (χ1v) is 7.36. The van der Waals surface area contributed by atoms with Crippen molar-refractivity contribution in [2.24, 2.45) is 7.05 Å². The summed E-state index contributed by atoms with van der Waals surface area (Å²) in [5.74, 6) is -0.549. The highest BCUT2D eigenvalue weighted by Crippen LogP contribution is 2.26. The maximum absolute atomic E-state index is 13.2. The van der Waals surface area contributed by atoms with Crippen LogP contribution >= 0.6 is 0 Å². The summed E-state index contributed by atoms with van der Waals surface area (Å²) in [7, 11) is 5.80. The van der Waals surface area contributed by atoms with E-state index in [1.165, 1.54) is 6.07 Å². The van der Waals surface area contributed by atoms with E-state index in [1.807, 2.05) is 45.1 Å². The number of phenols is 1. The lowest BCUT2D eigenvalue weighted by Gasteiger charge is -2.07. The number of hydrogen-bond donors (Lipinski definition) is 1. The number of rotatable bonds is 4. The Bertz CT molecular complexity index is 850. The molecule has 122 valence electrons. The number of nitrogens with zero attached hydrogens (tertiary/aromatic N) is 3. The van der Waals surface area contributed by atoms with Gasteiger partial charge in [-0.2, -0.15) is 5.10 Å². The standard InChI is InChI=1S/C18H22FN3O/c1-6-13(15-8-7-14(19)10-18(15)23)9-16-12(2)22(5)20-17(16)11-21(3)4/h6-10,23H,2,11H2,1,3-5H3/b13-6+,16-9+. The molecule has 0 spiro atoms. The van der Waals surface area contributed by atoms with Crippen molar-refractivity contribution in [3.63, 3.8) is 0 Å². The van der Waals surface area contributed by atoms with Gasteiger partial charge in [0.25, 0.3) is 0 Å². The number of aryl methyl sites for hydroxylation is 1. The van der Waals surface area contributed by atoms with E-state index in [0.717, 1.165) is 27.9 Å². The third-order valence-corrected chi connectivity index (χ3v) is 3.63. The number of phenolic OH excluding ortho intramolecular Hbond substituents is 1. The molecule has 1 N–H and O–H groups in total. The largest absolute Gasteiger partial charge is 0.507 e. The molecule has 2 rings (SSSR count). The average molecular weight is 315 g/mol. The van der Waals surface area contributed by atoms with E-state index < -0.39 is 5.82 Å². The van der Waals surface area contributed by atoms with Crippen molar-refractivity contribution in [3.05, 3.63) is 51.9 Å². The van der Waals surface area contributed by atoms with Gasteiger partial charge in [-0.25, -0.2) is 4.39 Å². The molecule has 0 atom stereocenters. The lowest BCUT2D eigenvalue weighted by Crippen LogP contribution is -2.29. The van der Waals surface area contributed by atoms with Gasteiger partial charge in [0, 0.05) is 30.4 Å². The maximum Gasteiger partial charge on any atom is 0.126 e. The number of aromatic hydroxyl groups is 1. The summed E-state index contributed by atoms with van der Waals surface area (Å²) in [6.45, 7) is 6.62. The molecule has 0 aliphatic carbocycles. The van der Waals surface area contributed by atoms with Crippen molar-refractivity contribution < 1.29 is 9.50 Å². The molecule has 0 unspecified atom stereocenters. The molecule has 4 nitrogen and oxygen atoms in total. The van der Waals surface area contributed by atoms with Gasteiger partial charge in [-0.15, -0.1) is 0 Å². The summed E-state index contributed by atoms with van der Waals surface area (Å²) in [4.78, 5) is 2.03. The van der Waals surface area contributed by atoms with Crippen LogP contribution in [0, 0.1) is 5.82 Å². The zero-order valence-corrected chi connectivity index (χ0v) is 14.0. The second-order valence-corrected chi connectivity index (χ2v) is 5.72. The Morgan fingerprint density at radius 2 is 2.13 bits per heavy atom. The molecule has 0 saturated heterocycles. The monoisotopic (exact) mass is 315 g/mol. The molecule has 5 heteroatoms. The van der Waals surface area contributed by atoms with Crippen molar-refractivity contribution >= 4 is 18.2 Å². The smallest absolute Gasteiger partial charge is 0.126 e. The number of halogens is 1. The average Bonchev–Trinajstić information content (AvgIpc) is 2.72. The molecule has 2 aromatic rings. The van der Waals surface area contributed by atoms with Gasteiger partial charge in [0.2, 0.25) is 0 Å². The Labute approximate surface area is 135 Å². The molecule has 1 aromatic carbocycles. The van der Waals surface area contributed by atoms with Gasteiger partial charge in [-0.05, 0) is 44.8 Å². The van der Waals surface area contributed by atoms with Crippen LogP contribution in [0.4, 0.5) is 4.39 Å². The third kappa shape index (κ3) is 3.68. The molecule has 0 aliphatic heterocycles. The molecular weight excluding hydrogens is 293 g/mol. The zero-order chi connectivity index (χ0) is 17.1. The molecule has 1 heterocycles. The first-order valence-electron chi connectivity index (χ1n) is 7.36. The fourth-order valence-electron chi connectivity index (χ4n) is 2.44. The van der Waals surface area contributed by atoms with E-state index >= 15 is 0 Å². The predicted octanol–water partition coefficient (Wildman–Crippen LogP) is 1.62. The topological polar surface area (TPSA) is 41.3 Å². The van der Waals surface area contributed by atoms with E-state index in [9.17, 15) is 9.50 Å². The molecule has 0 amide bonds. The molecule has 0 aliphatic rings. The van der Waals surface area contributed by atoms with E-state index in [4.69, 9.17) is 0 Å². The maximum atomic E-state index is 13.2. The van der Waals surface area contributed by atoms with Gasteiger partial charge in [0.1, 0.15) is 11.6 Å². The minimum atomic E-state index is -0.464. The first-order chi connectivity index (χ1) is 10.8. The van der Waals surface area contributed by atoms with E-state index in [2.05, 4.69) is 11.7 Å². The summed E-state index contributed by atoms with van der Waals surface area (Å²) >= 11 is 0. The van der Waals surface area contributed by atoms with Crippen LogP contribution in [0.2, 0.25) is 0 Å². The van der Waals surface area contributed by atoms with Crippen molar-refractivity contribution in [3.8, 4) is 5.75 Å². The van der Waals surface area contributed by atoms with Crippen molar-refractivity contribution in [1.29, 1.82) is 0 Å². The van der Waals surface area contributed by atoms with Crippen molar-refractivity contribution in [1.82, 2.24) is 14.7 Å². The molecule has 23 heavy (non-hydrogen) atoms. The Morgan fingerprint density at radius 3 is 2.70 bits per heavy atom.